The van der Waals surface area contributed by atoms with E-state index in [1.807, 2.05) is 12.4 Å². The van der Waals surface area contributed by atoms with Crippen molar-refractivity contribution in [1.29, 1.82) is 0 Å². The third kappa shape index (κ3) is 7.33. The Morgan fingerprint density at radius 1 is 1.05 bits per heavy atom. The molecule has 0 aromatic carbocycles. The normalized spacial score (nSPS) is 10.6. The molecule has 0 N–H and O–H groups in total. The molecule has 0 aliphatic heterocycles. The van der Waals surface area contributed by atoms with Crippen molar-refractivity contribution in [1.82, 2.24) is 9.55 Å². The number of unbranched alkanes of at least 4 members (excludes halogenated alkanes) is 8. The Balaban J connectivity index is 2.01. The summed E-state index contributed by atoms with van der Waals surface area (Å²) in [4.78, 5) is 7.80. The first kappa shape index (κ1) is 16.8. The fourth-order valence-electron chi connectivity index (χ4n) is 2.52. The van der Waals surface area contributed by atoms with E-state index in [9.17, 15) is 0 Å². The van der Waals surface area contributed by atoms with Crippen LogP contribution < -0.4 is 0 Å². The molecule has 0 saturated heterocycles. The summed E-state index contributed by atoms with van der Waals surface area (Å²) in [6, 6.07) is 0. The molecule has 1 aromatic heterocycles. The van der Waals surface area contributed by atoms with E-state index in [-0.39, 0.29) is 0 Å². The lowest BCUT2D eigenvalue weighted by Crippen LogP contribution is -2.05. The predicted molar refractivity (Wildman–Crippen MR) is 84.6 cm³/mol. The van der Waals surface area contributed by atoms with Gasteiger partial charge in [-0.2, -0.15) is 0 Å². The number of rotatable bonds is 12. The third-order valence-electron chi connectivity index (χ3n) is 3.76. The summed E-state index contributed by atoms with van der Waals surface area (Å²) in [6.07, 6.45) is 17.1. The first-order valence-electron chi connectivity index (χ1n) is 8.21. The van der Waals surface area contributed by atoms with Gasteiger partial charge in [-0.05, 0) is 6.42 Å². The van der Waals surface area contributed by atoms with E-state index >= 15 is 0 Å². The Bertz CT molecular complexity index is 376. The first-order valence-corrected chi connectivity index (χ1v) is 8.21. The first-order chi connectivity index (χ1) is 9.88. The van der Waals surface area contributed by atoms with Crippen molar-refractivity contribution in [3.05, 3.63) is 29.6 Å². The van der Waals surface area contributed by atoms with Crippen molar-refractivity contribution in [3.63, 3.8) is 0 Å². The molecule has 1 rings (SSSR count). The molecule has 0 saturated carbocycles. The van der Waals surface area contributed by atoms with Gasteiger partial charge in [-0.25, -0.2) is 11.6 Å². The average Bonchev–Trinajstić information content (AvgIpc) is 2.91. The van der Waals surface area contributed by atoms with Gasteiger partial charge in [-0.3, -0.25) is 0 Å². The second kappa shape index (κ2) is 11.5. The molecule has 0 aliphatic carbocycles. The van der Waals surface area contributed by atoms with Crippen LogP contribution in [-0.2, 0) is 13.0 Å². The molecule has 3 heteroatoms. The maximum atomic E-state index is 6.84. The summed E-state index contributed by atoms with van der Waals surface area (Å²) in [7, 11) is 0. The molecule has 0 fully saturated rings. The van der Waals surface area contributed by atoms with E-state index in [2.05, 4.69) is 21.3 Å². The Morgan fingerprint density at radius 2 is 1.70 bits per heavy atom. The van der Waals surface area contributed by atoms with E-state index in [1.165, 1.54) is 57.8 Å². The van der Waals surface area contributed by atoms with Gasteiger partial charge in [-0.15, -0.1) is 0 Å². The van der Waals surface area contributed by atoms with Crippen molar-refractivity contribution in [3.8, 4) is 0 Å². The summed E-state index contributed by atoms with van der Waals surface area (Å²) >= 11 is 0. The molecule has 0 bridgehead atoms. The topological polar surface area (TPSA) is 22.2 Å². The van der Waals surface area contributed by atoms with Crippen LogP contribution in [0.2, 0.25) is 0 Å². The van der Waals surface area contributed by atoms with Crippen molar-refractivity contribution < 1.29 is 0 Å². The van der Waals surface area contributed by atoms with Crippen LogP contribution in [0.1, 0.15) is 70.5 Å². The Kier molecular flexibility index (Phi) is 9.65. The minimum absolute atomic E-state index is 0.557. The molecule has 1 heterocycles. The van der Waals surface area contributed by atoms with E-state index in [0.29, 0.717) is 6.54 Å². The molecule has 0 amide bonds. The predicted octanol–water partition coefficient (Wildman–Crippen LogP) is 4.88. The molecule has 1 aromatic rings. The summed E-state index contributed by atoms with van der Waals surface area (Å²) in [5, 5.41) is 0. The zero-order chi connectivity index (χ0) is 14.5. The zero-order valence-corrected chi connectivity index (χ0v) is 13.0. The van der Waals surface area contributed by atoms with Crippen LogP contribution in [-0.4, -0.2) is 16.1 Å². The second-order valence-electron chi connectivity index (χ2n) is 5.50. The standard InChI is InChI=1S/C17H29N3/c1-3-4-5-6-7-8-9-10-11-12-17-19-14-16-20(17)15-13-18-2/h14,16H,3-13,15H2,1H3. The molecule has 0 spiro atoms. The van der Waals surface area contributed by atoms with Crippen LogP contribution in [0.4, 0.5) is 0 Å². The minimum atomic E-state index is 0.557. The van der Waals surface area contributed by atoms with Crippen LogP contribution in [0, 0.1) is 6.57 Å². The number of aromatic nitrogens is 2. The third-order valence-corrected chi connectivity index (χ3v) is 3.76. The average molecular weight is 275 g/mol. The molecule has 112 valence electrons. The summed E-state index contributed by atoms with van der Waals surface area (Å²) < 4.78 is 2.13. The van der Waals surface area contributed by atoms with Gasteiger partial charge in [0.1, 0.15) is 5.82 Å². The number of aryl methyl sites for hydroxylation is 1. The van der Waals surface area contributed by atoms with Gasteiger partial charge in [0.15, 0.2) is 0 Å². The van der Waals surface area contributed by atoms with Crippen LogP contribution in [0.3, 0.4) is 0 Å². The highest BCUT2D eigenvalue weighted by Gasteiger charge is 2.03. The number of hydrogen-bond acceptors (Lipinski definition) is 1. The molecular formula is C17H29N3. The fourth-order valence-corrected chi connectivity index (χ4v) is 2.52. The largest absolute Gasteiger partial charge is 0.327 e. The molecule has 0 unspecified atom stereocenters. The Morgan fingerprint density at radius 3 is 2.35 bits per heavy atom. The van der Waals surface area contributed by atoms with Gasteiger partial charge in [-0.1, -0.05) is 58.3 Å². The fraction of sp³-hybridized carbons (Fsp3) is 0.765. The van der Waals surface area contributed by atoms with Crippen LogP contribution in [0.25, 0.3) is 4.85 Å². The minimum Gasteiger partial charge on any atom is -0.327 e. The molecule has 0 aliphatic rings. The summed E-state index contributed by atoms with van der Waals surface area (Å²) in [6.45, 7) is 10.5. The molecule has 0 radical (unpaired) electrons. The lowest BCUT2D eigenvalue weighted by molar-refractivity contribution is 0.556. The Labute approximate surface area is 124 Å². The van der Waals surface area contributed by atoms with E-state index in [0.717, 1.165) is 18.8 Å². The smallest absolute Gasteiger partial charge is 0.232 e. The van der Waals surface area contributed by atoms with E-state index in [4.69, 9.17) is 6.57 Å². The van der Waals surface area contributed by atoms with Crippen molar-refractivity contribution in [2.45, 2.75) is 77.7 Å². The zero-order valence-electron chi connectivity index (χ0n) is 13.0. The van der Waals surface area contributed by atoms with Crippen molar-refractivity contribution >= 4 is 0 Å². The van der Waals surface area contributed by atoms with Gasteiger partial charge in [0.25, 0.3) is 0 Å². The van der Waals surface area contributed by atoms with Crippen molar-refractivity contribution in [2.24, 2.45) is 0 Å². The highest BCUT2D eigenvalue weighted by atomic mass is 15.1. The maximum absolute atomic E-state index is 6.84. The number of hydrogen-bond donors (Lipinski definition) is 0. The lowest BCUT2D eigenvalue weighted by Gasteiger charge is -2.05. The monoisotopic (exact) mass is 275 g/mol. The van der Waals surface area contributed by atoms with Gasteiger partial charge >= 0.3 is 0 Å². The molecule has 20 heavy (non-hydrogen) atoms. The number of imidazole rings is 1. The maximum Gasteiger partial charge on any atom is 0.232 e. The van der Waals surface area contributed by atoms with Gasteiger partial charge in [0.2, 0.25) is 6.54 Å². The highest BCUT2D eigenvalue weighted by Crippen LogP contribution is 2.11. The number of nitrogens with zero attached hydrogens (tertiary/aromatic N) is 3. The summed E-state index contributed by atoms with van der Waals surface area (Å²) in [5.74, 6) is 1.15. The van der Waals surface area contributed by atoms with Crippen LogP contribution >= 0.6 is 0 Å². The summed E-state index contributed by atoms with van der Waals surface area (Å²) in [5.41, 5.74) is 0. The SMILES string of the molecule is [C-]#[N+]CCn1ccnc1CCCCCCCCCCC. The lowest BCUT2D eigenvalue weighted by atomic mass is 10.1. The van der Waals surface area contributed by atoms with Crippen LogP contribution in [0.15, 0.2) is 12.4 Å². The van der Waals surface area contributed by atoms with Gasteiger partial charge in [0.05, 0.1) is 6.54 Å². The van der Waals surface area contributed by atoms with Crippen molar-refractivity contribution in [2.75, 3.05) is 6.54 Å². The van der Waals surface area contributed by atoms with E-state index < -0.39 is 0 Å². The molecular weight excluding hydrogens is 246 g/mol. The quantitative estimate of drug-likeness (QED) is 0.394. The second-order valence-corrected chi connectivity index (χ2v) is 5.50. The van der Waals surface area contributed by atoms with Gasteiger partial charge < -0.3 is 9.41 Å². The Hall–Kier alpha value is -1.30. The van der Waals surface area contributed by atoms with E-state index in [1.54, 1.807) is 0 Å². The van der Waals surface area contributed by atoms with Gasteiger partial charge in [0, 0.05) is 18.8 Å². The van der Waals surface area contributed by atoms with Crippen LogP contribution in [0.5, 0.6) is 0 Å². The molecule has 0 atom stereocenters. The highest BCUT2D eigenvalue weighted by molar-refractivity contribution is 4.93. The molecule has 3 nitrogen and oxygen atoms in total.